The van der Waals surface area contributed by atoms with Crippen LogP contribution in [0.3, 0.4) is 0 Å². The molecule has 4 rings (SSSR count). The van der Waals surface area contributed by atoms with Gasteiger partial charge in [-0.05, 0) is 41.3 Å². The van der Waals surface area contributed by atoms with Crippen molar-refractivity contribution >= 4 is 17.6 Å². The Morgan fingerprint density at radius 2 is 1.72 bits per heavy atom. The lowest BCUT2D eigenvalue weighted by Gasteiger charge is -2.21. The van der Waals surface area contributed by atoms with Crippen LogP contribution in [-0.4, -0.2) is 52.1 Å². The van der Waals surface area contributed by atoms with Crippen LogP contribution in [0.2, 0.25) is 0 Å². The molecule has 0 bridgehead atoms. The van der Waals surface area contributed by atoms with Gasteiger partial charge in [0.2, 0.25) is 11.8 Å². The third-order valence-electron chi connectivity index (χ3n) is 6.41. The number of nitrogens with zero attached hydrogens (tertiary/aromatic N) is 5. The Kier molecular flexibility index (Phi) is 8.82. The minimum atomic E-state index is -0.582. The fourth-order valence-corrected chi connectivity index (χ4v) is 4.02. The molecule has 0 radical (unpaired) electrons. The number of hydrogen-bond donors (Lipinski definition) is 2. The van der Waals surface area contributed by atoms with E-state index >= 15 is 0 Å². The van der Waals surface area contributed by atoms with Gasteiger partial charge in [0.1, 0.15) is 18.4 Å². The van der Waals surface area contributed by atoms with Gasteiger partial charge in [-0.3, -0.25) is 14.3 Å². The van der Waals surface area contributed by atoms with Crippen molar-refractivity contribution in [3.05, 3.63) is 102 Å². The summed E-state index contributed by atoms with van der Waals surface area (Å²) in [4.78, 5) is 31.3. The molecule has 0 unspecified atom stereocenters. The van der Waals surface area contributed by atoms with Gasteiger partial charge in [0.25, 0.3) is 0 Å². The smallest absolute Gasteiger partial charge is 0.247 e. The summed E-state index contributed by atoms with van der Waals surface area (Å²) in [6.07, 6.45) is 5.15. The van der Waals surface area contributed by atoms with Gasteiger partial charge in [-0.1, -0.05) is 49.4 Å². The molecule has 4 aromatic rings. The van der Waals surface area contributed by atoms with Crippen LogP contribution in [0.5, 0.6) is 0 Å². The van der Waals surface area contributed by atoms with Crippen LogP contribution in [-0.2, 0) is 16.1 Å². The van der Waals surface area contributed by atoms with Crippen molar-refractivity contribution in [1.82, 2.24) is 25.0 Å². The van der Waals surface area contributed by atoms with Crippen molar-refractivity contribution in [3.63, 3.8) is 0 Å². The monoisotopic (exact) mass is 521 g/mol. The maximum atomic E-state index is 13.4. The first-order valence-corrected chi connectivity index (χ1v) is 12.6. The highest BCUT2D eigenvalue weighted by Gasteiger charge is 2.22. The summed E-state index contributed by atoms with van der Waals surface area (Å²) in [6.45, 7) is 2.80. The molecule has 0 spiro atoms. The first kappa shape index (κ1) is 27.2. The largest absolute Gasteiger partial charge is 0.347 e. The van der Waals surface area contributed by atoms with E-state index < -0.39 is 6.04 Å². The van der Waals surface area contributed by atoms with Crippen molar-refractivity contribution in [3.8, 4) is 17.2 Å². The summed E-state index contributed by atoms with van der Waals surface area (Å²) in [6, 6.07) is 22.2. The lowest BCUT2D eigenvalue weighted by Crippen LogP contribution is -2.35. The zero-order chi connectivity index (χ0) is 27.8. The molecule has 0 aliphatic rings. The fourth-order valence-electron chi connectivity index (χ4n) is 4.02. The molecule has 198 valence electrons. The van der Waals surface area contributed by atoms with E-state index in [1.807, 2.05) is 48.5 Å². The van der Waals surface area contributed by atoms with Crippen LogP contribution in [0, 0.1) is 11.3 Å². The van der Waals surface area contributed by atoms with Crippen molar-refractivity contribution < 1.29 is 9.59 Å². The van der Waals surface area contributed by atoms with Gasteiger partial charge in [-0.25, -0.2) is 4.98 Å². The normalized spacial score (nSPS) is 12.3. The van der Waals surface area contributed by atoms with Gasteiger partial charge < -0.3 is 15.5 Å². The lowest BCUT2D eigenvalue weighted by molar-refractivity contribution is -0.129. The van der Waals surface area contributed by atoms with E-state index in [1.54, 1.807) is 55.6 Å². The van der Waals surface area contributed by atoms with Crippen molar-refractivity contribution in [2.45, 2.75) is 25.4 Å². The average Bonchev–Trinajstić information content (AvgIpc) is 3.42. The van der Waals surface area contributed by atoms with Gasteiger partial charge in [-0.15, -0.1) is 0 Å². The minimum Gasteiger partial charge on any atom is -0.347 e. The number of amides is 2. The number of pyridine rings is 1. The molecular weight excluding hydrogens is 490 g/mol. The Morgan fingerprint density at radius 3 is 2.36 bits per heavy atom. The van der Waals surface area contributed by atoms with E-state index in [2.05, 4.69) is 33.7 Å². The van der Waals surface area contributed by atoms with Crippen LogP contribution in [0.25, 0.3) is 11.1 Å². The molecule has 0 aliphatic heterocycles. The molecule has 9 nitrogen and oxygen atoms in total. The second-order valence-corrected chi connectivity index (χ2v) is 9.52. The predicted molar refractivity (Wildman–Crippen MR) is 150 cm³/mol. The van der Waals surface area contributed by atoms with E-state index in [-0.39, 0.29) is 24.3 Å². The zero-order valence-corrected chi connectivity index (χ0v) is 22.2. The summed E-state index contributed by atoms with van der Waals surface area (Å²) in [5.74, 6) is 0.294. The van der Waals surface area contributed by atoms with Gasteiger partial charge in [0.05, 0.1) is 17.8 Å². The summed E-state index contributed by atoms with van der Waals surface area (Å²) in [7, 11) is 3.41. The first-order chi connectivity index (χ1) is 18.8. The number of likely N-dealkylation sites (N-methyl/N-ethyl adjacent to an activating group) is 1. The number of carbonyl (C=O) groups excluding carboxylic acids is 2. The highest BCUT2D eigenvalue weighted by atomic mass is 16.2. The Hall–Kier alpha value is -4.81. The molecule has 2 aromatic carbocycles. The molecule has 2 heterocycles. The number of carbonyl (C=O) groups is 2. The molecule has 0 fully saturated rings. The van der Waals surface area contributed by atoms with Crippen LogP contribution in [0.4, 0.5) is 5.82 Å². The fraction of sp³-hybridized carbons (Fsp3) is 0.233. The molecule has 2 amide bonds. The van der Waals surface area contributed by atoms with Crippen molar-refractivity contribution in [1.29, 1.82) is 5.26 Å². The Labute approximate surface area is 228 Å². The average molecular weight is 522 g/mol. The molecule has 2 atom stereocenters. The number of benzene rings is 2. The topological polar surface area (TPSA) is 116 Å². The maximum Gasteiger partial charge on any atom is 0.247 e. The standard InChI is InChI=1S/C30H31N7O2/c1-21(23-11-9-22(15-31)10-12-23)16-33-29(24-7-5-4-6-8-24)30(39)35-27-14-13-25(17-32-27)26-18-34-37(19-26)20-28(38)36(2)3/h4-14,17-19,21,29,33H,16,20H2,1-3H3,(H,32,35,39)/t21-,29+/m0/s1. The van der Waals surface area contributed by atoms with E-state index in [1.165, 1.54) is 4.90 Å². The predicted octanol–water partition coefficient (Wildman–Crippen LogP) is 3.98. The number of anilines is 1. The van der Waals surface area contributed by atoms with Crippen molar-refractivity contribution in [2.75, 3.05) is 26.0 Å². The van der Waals surface area contributed by atoms with Gasteiger partial charge >= 0.3 is 0 Å². The van der Waals surface area contributed by atoms with Gasteiger partial charge in [0, 0.05) is 44.2 Å². The highest BCUT2D eigenvalue weighted by Crippen LogP contribution is 2.22. The third-order valence-corrected chi connectivity index (χ3v) is 6.41. The highest BCUT2D eigenvalue weighted by molar-refractivity contribution is 5.95. The molecule has 39 heavy (non-hydrogen) atoms. The molecule has 0 saturated carbocycles. The van der Waals surface area contributed by atoms with Gasteiger partial charge in [0.15, 0.2) is 0 Å². The molecular formula is C30H31N7O2. The third kappa shape index (κ3) is 7.15. The van der Waals surface area contributed by atoms with Crippen molar-refractivity contribution in [2.24, 2.45) is 0 Å². The Morgan fingerprint density at radius 1 is 0.974 bits per heavy atom. The molecule has 0 aliphatic carbocycles. The molecule has 2 aromatic heterocycles. The maximum absolute atomic E-state index is 13.4. The lowest BCUT2D eigenvalue weighted by atomic mass is 9.98. The SMILES string of the molecule is C[C@@H](CN[C@@H](C(=O)Nc1ccc(-c2cnn(CC(=O)N(C)C)c2)cn1)c1ccccc1)c1ccc(C#N)cc1. The van der Waals surface area contributed by atoms with Crippen LogP contribution in [0.1, 0.15) is 35.6 Å². The van der Waals surface area contributed by atoms with Crippen LogP contribution in [0.15, 0.2) is 85.3 Å². The second kappa shape index (κ2) is 12.6. The Bertz CT molecular complexity index is 1440. The number of aromatic nitrogens is 3. The quantitative estimate of drug-likeness (QED) is 0.326. The number of hydrogen-bond acceptors (Lipinski definition) is 6. The van der Waals surface area contributed by atoms with E-state index in [0.29, 0.717) is 17.9 Å². The second-order valence-electron chi connectivity index (χ2n) is 9.52. The summed E-state index contributed by atoms with van der Waals surface area (Å²) in [5.41, 5.74) is 4.20. The Balaban J connectivity index is 1.42. The van der Waals surface area contributed by atoms with Gasteiger partial charge in [-0.2, -0.15) is 10.4 Å². The van der Waals surface area contributed by atoms with E-state index in [0.717, 1.165) is 22.3 Å². The molecule has 2 N–H and O–H groups in total. The summed E-state index contributed by atoms with van der Waals surface area (Å²) >= 11 is 0. The number of nitrogens with one attached hydrogen (secondary N) is 2. The molecule has 0 saturated heterocycles. The zero-order valence-electron chi connectivity index (χ0n) is 22.2. The molecule has 9 heteroatoms. The van der Waals surface area contributed by atoms with E-state index in [4.69, 9.17) is 5.26 Å². The first-order valence-electron chi connectivity index (χ1n) is 12.6. The van der Waals surface area contributed by atoms with E-state index in [9.17, 15) is 9.59 Å². The number of rotatable bonds is 10. The minimum absolute atomic E-state index is 0.0475. The summed E-state index contributed by atoms with van der Waals surface area (Å²) in [5, 5.41) is 19.6. The van der Waals surface area contributed by atoms with Crippen LogP contribution < -0.4 is 10.6 Å². The van der Waals surface area contributed by atoms with Crippen LogP contribution >= 0.6 is 0 Å². The summed E-state index contributed by atoms with van der Waals surface area (Å²) < 4.78 is 1.59. The number of nitriles is 1.